The minimum Gasteiger partial charge on any atom is -0.342 e. The summed E-state index contributed by atoms with van der Waals surface area (Å²) in [5, 5.41) is 2.68. The summed E-state index contributed by atoms with van der Waals surface area (Å²) in [4.78, 5) is 50.7. The molecule has 0 bridgehead atoms. The number of hydrogen-bond acceptors (Lipinski definition) is 4. The summed E-state index contributed by atoms with van der Waals surface area (Å²) < 4.78 is 1.11. The molecule has 8 nitrogen and oxygen atoms in total. The Morgan fingerprint density at radius 2 is 1.73 bits per heavy atom. The number of aromatic amines is 1. The van der Waals surface area contributed by atoms with Gasteiger partial charge >= 0.3 is 5.69 Å². The van der Waals surface area contributed by atoms with Crippen LogP contribution in [0.1, 0.15) is 18.4 Å². The van der Waals surface area contributed by atoms with Crippen LogP contribution in [0.3, 0.4) is 0 Å². The number of carbonyl (C=O) groups excluding carboxylic acids is 2. The normalized spacial score (nSPS) is 13.6. The second-order valence-electron chi connectivity index (χ2n) is 6.25. The summed E-state index contributed by atoms with van der Waals surface area (Å²) in [6.45, 7) is 1.46. The van der Waals surface area contributed by atoms with Crippen molar-refractivity contribution in [3.63, 3.8) is 0 Å². The van der Waals surface area contributed by atoms with Crippen molar-refractivity contribution in [3.8, 4) is 0 Å². The zero-order valence-electron chi connectivity index (χ0n) is 14.2. The van der Waals surface area contributed by atoms with Crippen molar-refractivity contribution in [1.29, 1.82) is 0 Å². The van der Waals surface area contributed by atoms with Gasteiger partial charge in [-0.25, -0.2) is 4.79 Å². The Hall–Kier alpha value is -3.16. The van der Waals surface area contributed by atoms with Crippen LogP contribution in [0.5, 0.6) is 0 Å². The van der Waals surface area contributed by atoms with Crippen molar-refractivity contribution in [1.82, 2.24) is 14.5 Å². The predicted molar refractivity (Wildman–Crippen MR) is 95.9 cm³/mol. The number of benzene rings is 1. The van der Waals surface area contributed by atoms with Gasteiger partial charge in [0.05, 0.1) is 6.42 Å². The number of aromatic nitrogens is 2. The van der Waals surface area contributed by atoms with Crippen LogP contribution in [-0.4, -0.2) is 39.4 Å². The number of carbonyl (C=O) groups is 2. The van der Waals surface area contributed by atoms with Gasteiger partial charge in [-0.1, -0.05) is 12.1 Å². The molecule has 0 aliphatic carbocycles. The van der Waals surface area contributed by atoms with Crippen molar-refractivity contribution in [3.05, 3.63) is 62.9 Å². The predicted octanol–water partition coefficient (Wildman–Crippen LogP) is 0.340. The van der Waals surface area contributed by atoms with Crippen LogP contribution in [0.2, 0.25) is 0 Å². The van der Waals surface area contributed by atoms with Crippen LogP contribution in [-0.2, 0) is 22.6 Å². The molecule has 3 rings (SSSR count). The summed E-state index contributed by atoms with van der Waals surface area (Å²) >= 11 is 0. The summed E-state index contributed by atoms with van der Waals surface area (Å²) in [6.07, 6.45) is 3.75. The molecule has 2 N–H and O–H groups in total. The minimum absolute atomic E-state index is 0.122. The molecule has 1 fully saturated rings. The highest BCUT2D eigenvalue weighted by Crippen LogP contribution is 2.13. The molecule has 0 saturated carbocycles. The maximum Gasteiger partial charge on any atom is 0.328 e. The number of hydrogen-bond donors (Lipinski definition) is 2. The van der Waals surface area contributed by atoms with Crippen LogP contribution in [0.15, 0.2) is 46.1 Å². The van der Waals surface area contributed by atoms with Gasteiger partial charge in [0.25, 0.3) is 5.56 Å². The van der Waals surface area contributed by atoms with Gasteiger partial charge in [0.1, 0.15) is 6.54 Å². The van der Waals surface area contributed by atoms with E-state index in [0.29, 0.717) is 12.1 Å². The molecule has 8 heteroatoms. The first-order chi connectivity index (χ1) is 12.5. The summed E-state index contributed by atoms with van der Waals surface area (Å²) in [7, 11) is 0. The SMILES string of the molecule is O=C(Cn1ccc(=O)[nH]c1=O)Nc1ccc(CC(=O)N2CCCC2)cc1. The standard InChI is InChI=1S/C18H20N4O4/c23-15-7-10-22(18(26)20-15)12-16(24)19-14-5-3-13(4-6-14)11-17(25)21-8-1-2-9-21/h3-7,10H,1-2,8-9,11-12H2,(H,19,24)(H,20,23,26). The smallest absolute Gasteiger partial charge is 0.328 e. The highest BCUT2D eigenvalue weighted by atomic mass is 16.2. The lowest BCUT2D eigenvalue weighted by molar-refractivity contribution is -0.129. The molecule has 136 valence electrons. The zero-order chi connectivity index (χ0) is 18.5. The van der Waals surface area contributed by atoms with Crippen molar-refractivity contribution in [2.75, 3.05) is 18.4 Å². The van der Waals surface area contributed by atoms with Crippen molar-refractivity contribution < 1.29 is 9.59 Å². The Kier molecular flexibility index (Phi) is 5.31. The number of nitrogens with zero attached hydrogens (tertiary/aromatic N) is 2. The maximum absolute atomic E-state index is 12.1. The van der Waals surface area contributed by atoms with Gasteiger partial charge in [0.2, 0.25) is 11.8 Å². The molecule has 1 aromatic carbocycles. The first kappa shape index (κ1) is 17.7. The fourth-order valence-electron chi connectivity index (χ4n) is 2.88. The third-order valence-electron chi connectivity index (χ3n) is 4.26. The van der Waals surface area contributed by atoms with Crippen LogP contribution in [0.25, 0.3) is 0 Å². The molecule has 26 heavy (non-hydrogen) atoms. The van der Waals surface area contributed by atoms with Gasteiger partial charge in [0.15, 0.2) is 0 Å². The number of nitrogens with one attached hydrogen (secondary N) is 2. The van der Waals surface area contributed by atoms with E-state index in [0.717, 1.165) is 36.1 Å². The molecule has 1 aliphatic rings. The maximum atomic E-state index is 12.1. The second kappa shape index (κ2) is 7.81. The monoisotopic (exact) mass is 356 g/mol. The Bertz CT molecular complexity index is 908. The quantitative estimate of drug-likeness (QED) is 0.806. The van der Waals surface area contributed by atoms with Gasteiger partial charge in [-0.05, 0) is 30.5 Å². The topological polar surface area (TPSA) is 104 Å². The van der Waals surface area contributed by atoms with Gasteiger partial charge < -0.3 is 10.2 Å². The Labute approximate surface area is 149 Å². The van der Waals surface area contributed by atoms with E-state index in [2.05, 4.69) is 10.3 Å². The average Bonchev–Trinajstić information content (AvgIpc) is 3.14. The number of H-pyrrole nitrogens is 1. The van der Waals surface area contributed by atoms with Crippen LogP contribution >= 0.6 is 0 Å². The fourth-order valence-corrected chi connectivity index (χ4v) is 2.88. The van der Waals surface area contributed by atoms with E-state index in [-0.39, 0.29) is 18.4 Å². The van der Waals surface area contributed by atoms with Gasteiger partial charge in [-0.3, -0.25) is 23.9 Å². The lowest BCUT2D eigenvalue weighted by atomic mass is 10.1. The van der Waals surface area contributed by atoms with E-state index in [4.69, 9.17) is 0 Å². The first-order valence-corrected chi connectivity index (χ1v) is 8.47. The molecule has 0 unspecified atom stereocenters. The van der Waals surface area contributed by atoms with Crippen LogP contribution < -0.4 is 16.6 Å². The molecule has 0 radical (unpaired) electrons. The number of likely N-dealkylation sites (tertiary alicyclic amines) is 1. The van der Waals surface area contributed by atoms with Gasteiger partial charge in [-0.15, -0.1) is 0 Å². The van der Waals surface area contributed by atoms with E-state index >= 15 is 0 Å². The van der Waals surface area contributed by atoms with Gasteiger partial charge in [0, 0.05) is 31.0 Å². The van der Waals surface area contributed by atoms with Crippen LogP contribution in [0.4, 0.5) is 5.69 Å². The Morgan fingerprint density at radius 3 is 2.38 bits per heavy atom. The third kappa shape index (κ3) is 4.47. The van der Waals surface area contributed by atoms with Crippen molar-refractivity contribution in [2.45, 2.75) is 25.8 Å². The van der Waals surface area contributed by atoms with E-state index in [1.54, 1.807) is 24.3 Å². The summed E-state index contributed by atoms with van der Waals surface area (Å²) in [5.74, 6) is -0.267. The largest absolute Gasteiger partial charge is 0.342 e. The highest BCUT2D eigenvalue weighted by molar-refractivity contribution is 5.90. The Balaban J connectivity index is 1.56. The molecule has 2 aromatic rings. The van der Waals surface area contributed by atoms with E-state index in [1.807, 2.05) is 4.90 Å². The molecule has 0 spiro atoms. The van der Waals surface area contributed by atoms with E-state index in [9.17, 15) is 19.2 Å². The minimum atomic E-state index is -0.636. The third-order valence-corrected chi connectivity index (χ3v) is 4.26. The molecule has 2 heterocycles. The molecular weight excluding hydrogens is 336 g/mol. The Morgan fingerprint density at radius 1 is 1.04 bits per heavy atom. The average molecular weight is 356 g/mol. The number of anilines is 1. The van der Waals surface area contributed by atoms with Gasteiger partial charge in [-0.2, -0.15) is 0 Å². The molecular formula is C18H20N4O4. The lowest BCUT2D eigenvalue weighted by Gasteiger charge is -2.15. The molecule has 2 amide bonds. The second-order valence-corrected chi connectivity index (χ2v) is 6.25. The lowest BCUT2D eigenvalue weighted by Crippen LogP contribution is -2.32. The highest BCUT2D eigenvalue weighted by Gasteiger charge is 2.17. The first-order valence-electron chi connectivity index (χ1n) is 8.47. The molecule has 1 saturated heterocycles. The fraction of sp³-hybridized carbons (Fsp3) is 0.333. The zero-order valence-corrected chi connectivity index (χ0v) is 14.2. The molecule has 0 atom stereocenters. The molecule has 1 aliphatic heterocycles. The summed E-state index contributed by atoms with van der Waals surface area (Å²) in [6, 6.07) is 8.23. The van der Waals surface area contributed by atoms with E-state index < -0.39 is 11.2 Å². The summed E-state index contributed by atoms with van der Waals surface area (Å²) in [5.41, 5.74) is 0.316. The van der Waals surface area contributed by atoms with Crippen LogP contribution in [0, 0.1) is 0 Å². The van der Waals surface area contributed by atoms with Crippen molar-refractivity contribution in [2.24, 2.45) is 0 Å². The number of rotatable bonds is 5. The number of amides is 2. The molecule has 1 aromatic heterocycles. The van der Waals surface area contributed by atoms with E-state index in [1.165, 1.54) is 12.3 Å². The van der Waals surface area contributed by atoms with Crippen molar-refractivity contribution >= 4 is 17.5 Å².